The van der Waals surface area contributed by atoms with Gasteiger partial charge in [-0.15, -0.1) is 0 Å². The molecule has 0 spiro atoms. The molecule has 0 amide bonds. The van der Waals surface area contributed by atoms with Gasteiger partial charge in [0.2, 0.25) is 0 Å². The molecular formula is C23H35NP2Si2. The van der Waals surface area contributed by atoms with Crippen molar-refractivity contribution in [2.45, 2.75) is 59.2 Å². The lowest BCUT2D eigenvalue weighted by Crippen LogP contribution is -2.35. The highest BCUT2D eigenvalue weighted by Crippen LogP contribution is 2.33. The average Bonchev–Trinajstić information content (AvgIpc) is 2.61. The van der Waals surface area contributed by atoms with E-state index in [1.807, 2.05) is 0 Å². The van der Waals surface area contributed by atoms with Crippen molar-refractivity contribution in [3.8, 4) is 0 Å². The van der Waals surface area contributed by atoms with Crippen molar-refractivity contribution >= 4 is 42.7 Å². The first-order chi connectivity index (χ1) is 13.0. The second-order valence-corrected chi connectivity index (χ2v) is 22.9. The van der Waals surface area contributed by atoms with Crippen LogP contribution < -0.4 is 0 Å². The molecule has 28 heavy (non-hydrogen) atoms. The molecule has 5 heteroatoms. The summed E-state index contributed by atoms with van der Waals surface area (Å²) in [4.78, 5) is 3.24. The number of nitrogens with zero attached hydrogens (tertiary/aromatic N) is 1. The minimum Gasteiger partial charge on any atom is -0.206 e. The van der Waals surface area contributed by atoms with Crippen molar-refractivity contribution in [3.05, 3.63) is 71.8 Å². The Labute approximate surface area is 177 Å². The van der Waals surface area contributed by atoms with Crippen LogP contribution in [0.2, 0.25) is 39.3 Å². The molecule has 150 valence electrons. The maximum Gasteiger partial charge on any atom is 0.0855 e. The lowest BCUT2D eigenvalue weighted by Gasteiger charge is -2.28. The summed E-state index contributed by atoms with van der Waals surface area (Å²) in [5, 5.41) is 0. The number of hydrogen-bond acceptors (Lipinski definition) is 1. The third kappa shape index (κ3) is 6.61. The predicted molar refractivity (Wildman–Crippen MR) is 139 cm³/mol. The highest BCUT2D eigenvalue weighted by Gasteiger charge is 2.26. The normalized spacial score (nSPS) is 14.1. The van der Waals surface area contributed by atoms with Gasteiger partial charge in [-0.1, -0.05) is 99.9 Å². The van der Waals surface area contributed by atoms with Crippen molar-refractivity contribution in [3.63, 3.8) is 0 Å². The van der Waals surface area contributed by atoms with Crippen molar-refractivity contribution in [2.24, 2.45) is 0 Å². The van der Waals surface area contributed by atoms with Crippen LogP contribution in [0.3, 0.4) is 0 Å². The third-order valence-corrected chi connectivity index (χ3v) is 15.2. The molecule has 0 aliphatic heterocycles. The first-order valence-electron chi connectivity index (χ1n) is 10.1. The van der Waals surface area contributed by atoms with Crippen molar-refractivity contribution in [1.82, 2.24) is 4.44 Å². The van der Waals surface area contributed by atoms with Gasteiger partial charge in [-0.3, -0.25) is 0 Å². The standard InChI is InChI=1S/C23H35NP2Si2/c1-19(2)24(25-22(27(3,4)5)20-15-11-9-12-16-20)26-23(28(6,7)8)21-17-13-10-14-18-21/h9-19H,1-8H3. The molecular weight excluding hydrogens is 408 g/mol. The Morgan fingerprint density at radius 3 is 1.21 bits per heavy atom. The van der Waals surface area contributed by atoms with Gasteiger partial charge in [-0.2, -0.15) is 0 Å². The molecule has 2 aromatic rings. The van der Waals surface area contributed by atoms with Gasteiger partial charge in [0.05, 0.1) is 16.1 Å². The van der Waals surface area contributed by atoms with E-state index in [2.05, 4.69) is 118 Å². The maximum atomic E-state index is 2.64. The molecule has 0 aromatic heterocycles. The van der Waals surface area contributed by atoms with Crippen LogP contribution in [-0.4, -0.2) is 36.5 Å². The molecule has 1 nitrogen and oxygen atoms in total. The van der Waals surface area contributed by atoms with E-state index in [0.717, 1.165) is 0 Å². The number of benzene rings is 2. The van der Waals surface area contributed by atoms with E-state index in [4.69, 9.17) is 0 Å². The lowest BCUT2D eigenvalue weighted by molar-refractivity contribution is 0.597. The second kappa shape index (κ2) is 9.78. The Kier molecular flexibility index (Phi) is 8.20. The summed E-state index contributed by atoms with van der Waals surface area (Å²) >= 11 is 0. The molecule has 0 aliphatic rings. The van der Waals surface area contributed by atoms with Gasteiger partial charge in [0.15, 0.2) is 0 Å². The highest BCUT2D eigenvalue weighted by atomic mass is 31.1. The molecule has 0 fully saturated rings. The molecule has 0 bridgehead atoms. The van der Waals surface area contributed by atoms with E-state index in [-0.39, 0.29) is 0 Å². The van der Waals surface area contributed by atoms with Gasteiger partial charge in [0.25, 0.3) is 0 Å². The summed E-state index contributed by atoms with van der Waals surface area (Å²) in [5.74, 6) is 0. The Bertz CT molecular complexity index is 750. The van der Waals surface area contributed by atoms with Gasteiger partial charge >= 0.3 is 0 Å². The van der Waals surface area contributed by atoms with Crippen LogP contribution in [0.25, 0.3) is 0 Å². The zero-order valence-corrected chi connectivity index (χ0v) is 22.5. The second-order valence-electron chi connectivity index (χ2n) is 9.54. The van der Waals surface area contributed by atoms with Gasteiger partial charge in [-0.25, -0.2) is 4.44 Å². The minimum absolute atomic E-state index is 0.494. The van der Waals surface area contributed by atoms with E-state index in [9.17, 15) is 0 Å². The van der Waals surface area contributed by atoms with E-state index < -0.39 is 16.1 Å². The molecule has 2 aromatic carbocycles. The molecule has 0 unspecified atom stereocenters. The maximum absolute atomic E-state index is 2.64. The fourth-order valence-corrected chi connectivity index (χ4v) is 10.7. The van der Waals surface area contributed by atoms with Gasteiger partial charge in [0, 0.05) is 6.04 Å². The van der Waals surface area contributed by atoms with Crippen molar-refractivity contribution in [1.29, 1.82) is 0 Å². The summed E-state index contributed by atoms with van der Waals surface area (Å²) < 4.78 is 2.64. The minimum atomic E-state index is -1.45. The average molecular weight is 444 g/mol. The van der Waals surface area contributed by atoms with Gasteiger partial charge in [-0.05, 0) is 51.5 Å². The Balaban J connectivity index is 2.62. The smallest absolute Gasteiger partial charge is 0.0855 e. The molecule has 0 atom stereocenters. The van der Waals surface area contributed by atoms with E-state index in [1.54, 1.807) is 9.83 Å². The Hall–Kier alpha value is -0.826. The topological polar surface area (TPSA) is 3.24 Å². The molecule has 0 heterocycles. The molecule has 0 radical (unpaired) electrons. The van der Waals surface area contributed by atoms with Crippen LogP contribution >= 0.6 is 16.7 Å². The van der Waals surface area contributed by atoms with Crippen LogP contribution in [0, 0.1) is 0 Å². The van der Waals surface area contributed by atoms with Gasteiger partial charge in [0.1, 0.15) is 0 Å². The van der Waals surface area contributed by atoms with Crippen LogP contribution in [0.1, 0.15) is 25.0 Å². The van der Waals surface area contributed by atoms with Gasteiger partial charge < -0.3 is 0 Å². The van der Waals surface area contributed by atoms with Crippen LogP contribution in [0.15, 0.2) is 60.7 Å². The summed E-state index contributed by atoms with van der Waals surface area (Å²) in [7, 11) is -0.165. The third-order valence-electron chi connectivity index (χ3n) is 4.38. The molecule has 0 N–H and O–H groups in total. The van der Waals surface area contributed by atoms with E-state index in [1.165, 1.54) is 27.8 Å². The first-order valence-corrected chi connectivity index (χ1v) is 18.8. The summed E-state index contributed by atoms with van der Waals surface area (Å²) in [6.07, 6.45) is 0. The summed E-state index contributed by atoms with van der Waals surface area (Å²) in [5.41, 5.74) is 2.83. The molecule has 2 rings (SSSR count). The number of rotatable bonds is 7. The lowest BCUT2D eigenvalue weighted by atomic mass is 10.2. The highest BCUT2D eigenvalue weighted by molar-refractivity contribution is 7.61. The first kappa shape index (κ1) is 23.5. The quantitative estimate of drug-likeness (QED) is 0.314. The van der Waals surface area contributed by atoms with Crippen molar-refractivity contribution < 1.29 is 0 Å². The monoisotopic (exact) mass is 443 g/mol. The SMILES string of the molecule is CC(C)N(P=C(c1ccccc1)[Si](C)(C)C)P=C(c1ccccc1)[Si](C)(C)C. The van der Waals surface area contributed by atoms with E-state index in [0.29, 0.717) is 6.04 Å². The number of hydrogen-bond donors (Lipinski definition) is 0. The van der Waals surface area contributed by atoms with E-state index >= 15 is 0 Å². The predicted octanol–water partition coefficient (Wildman–Crippen LogP) is 7.62. The van der Waals surface area contributed by atoms with Crippen LogP contribution in [0.5, 0.6) is 0 Å². The summed E-state index contributed by atoms with van der Waals surface area (Å²) in [6, 6.07) is 22.6. The fourth-order valence-electron chi connectivity index (χ4n) is 2.93. The summed E-state index contributed by atoms with van der Waals surface area (Å²) in [6.45, 7) is 19.5. The van der Waals surface area contributed by atoms with Crippen molar-refractivity contribution in [2.75, 3.05) is 0 Å². The van der Waals surface area contributed by atoms with Crippen LogP contribution in [0.4, 0.5) is 0 Å². The molecule has 0 saturated carbocycles. The zero-order valence-electron chi connectivity index (χ0n) is 18.7. The fraction of sp³-hybridized carbons (Fsp3) is 0.391. The largest absolute Gasteiger partial charge is 0.206 e. The zero-order chi connectivity index (χ0) is 20.9. The molecule has 0 aliphatic carbocycles. The molecule has 0 saturated heterocycles. The Morgan fingerprint density at radius 2 is 0.964 bits per heavy atom. The Morgan fingerprint density at radius 1 is 0.643 bits per heavy atom. The van der Waals surface area contributed by atoms with Crippen LogP contribution in [-0.2, 0) is 0 Å².